The second kappa shape index (κ2) is 7.67. The van der Waals surface area contributed by atoms with Crippen LogP contribution in [0.2, 0.25) is 0 Å². The zero-order chi connectivity index (χ0) is 18.5. The topological polar surface area (TPSA) is 122 Å². The Balaban J connectivity index is 2.92. The first-order valence-corrected chi connectivity index (χ1v) is 7.34. The Hall–Kier alpha value is -2.77. The summed E-state index contributed by atoms with van der Waals surface area (Å²) in [7, 11) is 1.47. The fourth-order valence-electron chi connectivity index (χ4n) is 1.92. The van der Waals surface area contributed by atoms with Crippen LogP contribution in [0.4, 0.5) is 16.2 Å². The van der Waals surface area contributed by atoms with Gasteiger partial charge in [0.15, 0.2) is 0 Å². The minimum atomic E-state index is -1.26. The van der Waals surface area contributed by atoms with Gasteiger partial charge in [0.05, 0.1) is 6.42 Å². The molecule has 8 nitrogen and oxygen atoms in total. The standard InChI is InChI=1S/C16H23N3O5/c1-16(2,3)24-15(23)18-12(9-13(20)21)14(22)19(4)11-7-5-6-10(17)8-11/h5-8,12H,9,17H2,1-4H3,(H,18,23)(H,20,21)/t12-/m1/s1. The summed E-state index contributed by atoms with van der Waals surface area (Å²) in [5.74, 6) is -1.81. The quantitative estimate of drug-likeness (QED) is 0.702. The molecule has 0 aromatic heterocycles. The Labute approximate surface area is 140 Å². The zero-order valence-corrected chi connectivity index (χ0v) is 14.2. The highest BCUT2D eigenvalue weighted by Gasteiger charge is 2.29. The van der Waals surface area contributed by atoms with E-state index in [1.807, 2.05) is 0 Å². The van der Waals surface area contributed by atoms with E-state index >= 15 is 0 Å². The minimum absolute atomic E-state index is 0.460. The lowest BCUT2D eigenvalue weighted by atomic mass is 10.1. The number of carboxylic acid groups (broad SMARTS) is 1. The molecule has 1 aromatic carbocycles. The normalized spacial score (nSPS) is 12.2. The van der Waals surface area contributed by atoms with Crippen LogP contribution >= 0.6 is 0 Å². The van der Waals surface area contributed by atoms with Crippen molar-refractivity contribution in [2.24, 2.45) is 0 Å². The third kappa shape index (κ3) is 6.15. The first-order valence-electron chi connectivity index (χ1n) is 7.34. The number of nitrogens with one attached hydrogen (secondary N) is 1. The van der Waals surface area contributed by atoms with Gasteiger partial charge in [0.25, 0.3) is 0 Å². The summed E-state index contributed by atoms with van der Waals surface area (Å²) < 4.78 is 5.07. The molecule has 24 heavy (non-hydrogen) atoms. The second-order valence-corrected chi connectivity index (χ2v) is 6.29. The molecule has 1 aromatic rings. The van der Waals surface area contributed by atoms with E-state index in [4.69, 9.17) is 15.6 Å². The Morgan fingerprint density at radius 1 is 1.33 bits per heavy atom. The number of carbonyl (C=O) groups is 3. The van der Waals surface area contributed by atoms with Crippen molar-refractivity contribution in [3.8, 4) is 0 Å². The van der Waals surface area contributed by atoms with E-state index in [0.717, 1.165) is 0 Å². The Morgan fingerprint density at radius 3 is 2.46 bits per heavy atom. The number of aliphatic carboxylic acids is 1. The van der Waals surface area contributed by atoms with Gasteiger partial charge in [-0.05, 0) is 39.0 Å². The van der Waals surface area contributed by atoms with Crippen LogP contribution in [-0.2, 0) is 14.3 Å². The van der Waals surface area contributed by atoms with Crippen LogP contribution in [0, 0.1) is 0 Å². The van der Waals surface area contributed by atoms with Gasteiger partial charge in [-0.25, -0.2) is 4.79 Å². The molecule has 0 spiro atoms. The number of nitrogens with zero attached hydrogens (tertiary/aromatic N) is 1. The molecule has 4 N–H and O–H groups in total. The predicted octanol–water partition coefficient (Wildman–Crippen LogP) is 1.60. The molecule has 0 aliphatic rings. The summed E-state index contributed by atoms with van der Waals surface area (Å²) in [5, 5.41) is 11.3. The molecule has 0 bridgehead atoms. The maximum Gasteiger partial charge on any atom is 0.408 e. The van der Waals surface area contributed by atoms with E-state index < -0.39 is 36.0 Å². The van der Waals surface area contributed by atoms with E-state index in [1.165, 1.54) is 11.9 Å². The molecule has 132 valence electrons. The number of benzene rings is 1. The van der Waals surface area contributed by atoms with Gasteiger partial charge in [0.1, 0.15) is 11.6 Å². The van der Waals surface area contributed by atoms with Crippen LogP contribution in [0.3, 0.4) is 0 Å². The number of rotatable bonds is 5. The molecular weight excluding hydrogens is 314 g/mol. The average molecular weight is 337 g/mol. The monoisotopic (exact) mass is 337 g/mol. The van der Waals surface area contributed by atoms with Crippen molar-refractivity contribution >= 4 is 29.3 Å². The van der Waals surface area contributed by atoms with Gasteiger partial charge >= 0.3 is 12.1 Å². The number of hydrogen-bond acceptors (Lipinski definition) is 5. The lowest BCUT2D eigenvalue weighted by Crippen LogP contribution is -2.49. The molecule has 1 atom stereocenters. The summed E-state index contributed by atoms with van der Waals surface area (Å²) in [6.45, 7) is 5.00. The molecule has 0 unspecified atom stereocenters. The number of nitrogen functional groups attached to an aromatic ring is 1. The van der Waals surface area contributed by atoms with Gasteiger partial charge in [-0.1, -0.05) is 6.07 Å². The third-order valence-electron chi connectivity index (χ3n) is 2.96. The summed E-state index contributed by atoms with van der Waals surface area (Å²) in [6, 6.07) is 5.30. The fourth-order valence-corrected chi connectivity index (χ4v) is 1.92. The molecule has 8 heteroatoms. The third-order valence-corrected chi connectivity index (χ3v) is 2.96. The highest BCUT2D eigenvalue weighted by molar-refractivity contribution is 6.00. The van der Waals surface area contributed by atoms with Crippen molar-refractivity contribution in [3.05, 3.63) is 24.3 Å². The van der Waals surface area contributed by atoms with Crippen molar-refractivity contribution < 1.29 is 24.2 Å². The van der Waals surface area contributed by atoms with Crippen LogP contribution < -0.4 is 16.0 Å². The van der Waals surface area contributed by atoms with Crippen LogP contribution in [0.15, 0.2) is 24.3 Å². The van der Waals surface area contributed by atoms with Crippen LogP contribution in [0.1, 0.15) is 27.2 Å². The van der Waals surface area contributed by atoms with Crippen LogP contribution in [0.25, 0.3) is 0 Å². The van der Waals surface area contributed by atoms with Crippen molar-refractivity contribution in [2.45, 2.75) is 38.8 Å². The highest BCUT2D eigenvalue weighted by Crippen LogP contribution is 2.17. The van der Waals surface area contributed by atoms with Crippen LogP contribution in [0.5, 0.6) is 0 Å². The first-order chi connectivity index (χ1) is 11.0. The maximum absolute atomic E-state index is 12.5. The van der Waals surface area contributed by atoms with Gasteiger partial charge in [0.2, 0.25) is 5.91 Å². The second-order valence-electron chi connectivity index (χ2n) is 6.29. The summed E-state index contributed by atoms with van der Waals surface area (Å²) in [4.78, 5) is 36.6. The average Bonchev–Trinajstić information content (AvgIpc) is 2.42. The minimum Gasteiger partial charge on any atom is -0.481 e. The summed E-state index contributed by atoms with van der Waals surface area (Å²) in [6.07, 6.45) is -1.42. The number of carboxylic acids is 1. The van der Waals surface area contributed by atoms with Gasteiger partial charge in [-0.15, -0.1) is 0 Å². The first kappa shape index (κ1) is 19.3. The van der Waals surface area contributed by atoms with E-state index in [-0.39, 0.29) is 0 Å². The van der Waals surface area contributed by atoms with Gasteiger partial charge in [0, 0.05) is 18.4 Å². The van der Waals surface area contributed by atoms with Crippen molar-refractivity contribution in [3.63, 3.8) is 0 Å². The Bertz CT molecular complexity index is 624. The number of likely N-dealkylation sites (N-methyl/N-ethyl adjacent to an activating group) is 1. The zero-order valence-electron chi connectivity index (χ0n) is 14.2. The van der Waals surface area contributed by atoms with Crippen molar-refractivity contribution in [1.82, 2.24) is 5.32 Å². The highest BCUT2D eigenvalue weighted by atomic mass is 16.6. The van der Waals surface area contributed by atoms with E-state index in [2.05, 4.69) is 5.32 Å². The van der Waals surface area contributed by atoms with Gasteiger partial charge < -0.3 is 25.8 Å². The number of nitrogens with two attached hydrogens (primary N) is 1. The van der Waals surface area contributed by atoms with E-state index in [9.17, 15) is 14.4 Å². The Kier molecular flexibility index (Phi) is 6.16. The molecule has 0 radical (unpaired) electrons. The predicted molar refractivity (Wildman–Crippen MR) is 89.7 cm³/mol. The molecule has 0 heterocycles. The lowest BCUT2D eigenvalue weighted by Gasteiger charge is -2.26. The molecule has 0 fully saturated rings. The fraction of sp³-hybridized carbons (Fsp3) is 0.438. The van der Waals surface area contributed by atoms with Gasteiger partial charge in [-0.2, -0.15) is 0 Å². The van der Waals surface area contributed by atoms with E-state index in [0.29, 0.717) is 11.4 Å². The lowest BCUT2D eigenvalue weighted by molar-refractivity contribution is -0.139. The molecule has 1 rings (SSSR count). The van der Waals surface area contributed by atoms with Crippen LogP contribution in [-0.4, -0.2) is 41.8 Å². The maximum atomic E-state index is 12.5. The molecule has 2 amide bonds. The van der Waals surface area contributed by atoms with Gasteiger partial charge in [-0.3, -0.25) is 9.59 Å². The van der Waals surface area contributed by atoms with Crippen molar-refractivity contribution in [1.29, 1.82) is 0 Å². The number of carbonyl (C=O) groups excluding carboxylic acids is 2. The number of anilines is 2. The molecule has 0 saturated heterocycles. The number of amides is 2. The molecular formula is C16H23N3O5. The summed E-state index contributed by atoms with van der Waals surface area (Å²) >= 11 is 0. The van der Waals surface area contributed by atoms with Crippen molar-refractivity contribution in [2.75, 3.05) is 17.7 Å². The Morgan fingerprint density at radius 2 is 1.96 bits per heavy atom. The molecule has 0 saturated carbocycles. The SMILES string of the molecule is CN(C(=O)[C@@H](CC(=O)O)NC(=O)OC(C)(C)C)c1cccc(N)c1. The number of ether oxygens (including phenoxy) is 1. The largest absolute Gasteiger partial charge is 0.481 e. The van der Waals surface area contributed by atoms with E-state index in [1.54, 1.807) is 45.0 Å². The smallest absolute Gasteiger partial charge is 0.408 e. The molecule has 0 aliphatic carbocycles. The number of hydrogen-bond donors (Lipinski definition) is 3. The number of alkyl carbamates (subject to hydrolysis) is 1. The molecule has 0 aliphatic heterocycles. The summed E-state index contributed by atoms with van der Waals surface area (Å²) in [5.41, 5.74) is 5.87.